The van der Waals surface area contributed by atoms with E-state index in [-0.39, 0.29) is 6.54 Å². The molecule has 0 bridgehead atoms. The van der Waals surface area contributed by atoms with Gasteiger partial charge in [0.25, 0.3) is 0 Å². The van der Waals surface area contributed by atoms with Gasteiger partial charge in [-0.1, -0.05) is 6.92 Å². The summed E-state index contributed by atoms with van der Waals surface area (Å²) >= 11 is 0. The van der Waals surface area contributed by atoms with Gasteiger partial charge in [0.2, 0.25) is 5.91 Å². The SMILES string of the molecule is CCC(O)C(=O)NC[C@H](O)CO. The zero-order valence-electron chi connectivity index (χ0n) is 7.03. The summed E-state index contributed by atoms with van der Waals surface area (Å²) in [5, 5.41) is 28.4. The first kappa shape index (κ1) is 11.4. The van der Waals surface area contributed by atoms with Crippen molar-refractivity contribution in [2.45, 2.75) is 25.6 Å². The molecule has 1 unspecified atom stereocenters. The Balaban J connectivity index is 3.56. The summed E-state index contributed by atoms with van der Waals surface area (Å²) < 4.78 is 0. The first-order valence-corrected chi connectivity index (χ1v) is 3.86. The lowest BCUT2D eigenvalue weighted by Gasteiger charge is -2.11. The van der Waals surface area contributed by atoms with E-state index in [1.807, 2.05) is 0 Å². The molecule has 0 aromatic carbocycles. The summed E-state index contributed by atoms with van der Waals surface area (Å²) in [5.74, 6) is -0.523. The van der Waals surface area contributed by atoms with Crippen molar-refractivity contribution < 1.29 is 20.1 Å². The number of hydrogen-bond acceptors (Lipinski definition) is 4. The van der Waals surface area contributed by atoms with Crippen molar-refractivity contribution in [3.8, 4) is 0 Å². The highest BCUT2D eigenvalue weighted by Gasteiger charge is 2.12. The molecule has 5 nitrogen and oxygen atoms in total. The Morgan fingerprint density at radius 1 is 1.50 bits per heavy atom. The van der Waals surface area contributed by atoms with E-state index >= 15 is 0 Å². The Kier molecular flexibility index (Phi) is 5.61. The van der Waals surface area contributed by atoms with E-state index in [2.05, 4.69) is 5.32 Å². The minimum Gasteiger partial charge on any atom is -0.394 e. The van der Waals surface area contributed by atoms with Crippen molar-refractivity contribution in [3.63, 3.8) is 0 Å². The monoisotopic (exact) mass is 177 g/mol. The van der Waals surface area contributed by atoms with Gasteiger partial charge in [0, 0.05) is 6.54 Å². The number of carbonyl (C=O) groups excluding carboxylic acids is 1. The van der Waals surface area contributed by atoms with E-state index in [0.29, 0.717) is 6.42 Å². The molecule has 0 aromatic rings. The molecule has 0 heterocycles. The van der Waals surface area contributed by atoms with E-state index in [1.54, 1.807) is 6.92 Å². The molecule has 0 spiro atoms. The van der Waals surface area contributed by atoms with Crippen molar-refractivity contribution in [2.75, 3.05) is 13.2 Å². The van der Waals surface area contributed by atoms with Crippen LogP contribution in [0.15, 0.2) is 0 Å². The summed E-state index contributed by atoms with van der Waals surface area (Å²) in [4.78, 5) is 10.8. The van der Waals surface area contributed by atoms with Gasteiger partial charge < -0.3 is 20.6 Å². The second kappa shape index (κ2) is 5.93. The fourth-order valence-corrected chi connectivity index (χ4v) is 0.586. The van der Waals surface area contributed by atoms with Crippen LogP contribution >= 0.6 is 0 Å². The second-order valence-electron chi connectivity index (χ2n) is 2.51. The van der Waals surface area contributed by atoms with Crippen molar-refractivity contribution in [1.29, 1.82) is 0 Å². The topological polar surface area (TPSA) is 89.8 Å². The quantitative estimate of drug-likeness (QED) is 0.400. The summed E-state index contributed by atoms with van der Waals surface area (Å²) in [6, 6.07) is 0. The zero-order valence-corrected chi connectivity index (χ0v) is 7.03. The van der Waals surface area contributed by atoms with E-state index in [4.69, 9.17) is 15.3 Å². The number of aliphatic hydroxyl groups excluding tert-OH is 3. The lowest BCUT2D eigenvalue weighted by Crippen LogP contribution is -2.39. The average Bonchev–Trinajstić information content (AvgIpc) is 2.11. The van der Waals surface area contributed by atoms with E-state index in [9.17, 15) is 4.79 Å². The largest absolute Gasteiger partial charge is 0.394 e. The zero-order chi connectivity index (χ0) is 9.56. The van der Waals surface area contributed by atoms with Crippen LogP contribution in [0.1, 0.15) is 13.3 Å². The Morgan fingerprint density at radius 3 is 2.50 bits per heavy atom. The standard InChI is InChI=1S/C7H15NO4/c1-2-6(11)7(12)8-3-5(10)4-9/h5-6,9-11H,2-4H2,1H3,(H,8,12)/t5-,6?/m0/s1. The van der Waals surface area contributed by atoms with Crippen LogP contribution < -0.4 is 5.32 Å². The maximum atomic E-state index is 10.8. The highest BCUT2D eigenvalue weighted by molar-refractivity contribution is 5.80. The molecule has 12 heavy (non-hydrogen) atoms. The van der Waals surface area contributed by atoms with E-state index in [0.717, 1.165) is 0 Å². The van der Waals surface area contributed by atoms with Crippen LogP contribution in [0, 0.1) is 0 Å². The number of carbonyl (C=O) groups is 1. The van der Waals surface area contributed by atoms with E-state index in [1.165, 1.54) is 0 Å². The maximum Gasteiger partial charge on any atom is 0.248 e. The normalized spacial score (nSPS) is 15.3. The molecule has 0 saturated carbocycles. The molecule has 0 aliphatic heterocycles. The molecular weight excluding hydrogens is 162 g/mol. The smallest absolute Gasteiger partial charge is 0.248 e. The second-order valence-corrected chi connectivity index (χ2v) is 2.51. The third-order valence-corrected chi connectivity index (χ3v) is 1.41. The molecule has 5 heteroatoms. The molecule has 0 aliphatic rings. The average molecular weight is 177 g/mol. The highest BCUT2D eigenvalue weighted by atomic mass is 16.3. The van der Waals surface area contributed by atoms with Crippen LogP contribution in [0.5, 0.6) is 0 Å². The molecule has 0 rings (SSSR count). The summed E-state index contributed by atoms with van der Waals surface area (Å²) in [5.41, 5.74) is 0. The van der Waals surface area contributed by atoms with Crippen LogP contribution in [0.4, 0.5) is 0 Å². The Hall–Kier alpha value is -0.650. The molecule has 0 radical (unpaired) electrons. The van der Waals surface area contributed by atoms with Crippen molar-refractivity contribution in [3.05, 3.63) is 0 Å². The van der Waals surface area contributed by atoms with Gasteiger partial charge in [0.05, 0.1) is 12.7 Å². The lowest BCUT2D eigenvalue weighted by molar-refractivity contribution is -0.130. The molecule has 2 atom stereocenters. The van der Waals surface area contributed by atoms with Crippen molar-refractivity contribution in [1.82, 2.24) is 5.32 Å². The molecule has 0 fully saturated rings. The predicted molar refractivity (Wildman–Crippen MR) is 42.4 cm³/mol. The Labute approximate surface area is 71.0 Å². The Morgan fingerprint density at radius 2 is 2.08 bits per heavy atom. The molecular formula is C7H15NO4. The van der Waals surface area contributed by atoms with Gasteiger partial charge >= 0.3 is 0 Å². The predicted octanol–water partition coefficient (Wildman–Crippen LogP) is -1.77. The van der Waals surface area contributed by atoms with Gasteiger partial charge in [-0.2, -0.15) is 0 Å². The molecule has 0 aromatic heterocycles. The van der Waals surface area contributed by atoms with Crippen LogP contribution in [-0.4, -0.2) is 46.6 Å². The number of nitrogens with one attached hydrogen (secondary N) is 1. The maximum absolute atomic E-state index is 10.8. The van der Waals surface area contributed by atoms with Crippen LogP contribution in [0.25, 0.3) is 0 Å². The van der Waals surface area contributed by atoms with Crippen LogP contribution in [0.3, 0.4) is 0 Å². The van der Waals surface area contributed by atoms with Gasteiger partial charge in [-0.3, -0.25) is 4.79 Å². The number of rotatable bonds is 5. The van der Waals surface area contributed by atoms with Gasteiger partial charge in [-0.05, 0) is 6.42 Å². The van der Waals surface area contributed by atoms with Gasteiger partial charge in [0.1, 0.15) is 6.10 Å². The van der Waals surface area contributed by atoms with Crippen LogP contribution in [0.2, 0.25) is 0 Å². The molecule has 1 amide bonds. The van der Waals surface area contributed by atoms with Gasteiger partial charge in [0.15, 0.2) is 0 Å². The number of hydrogen-bond donors (Lipinski definition) is 4. The molecule has 0 aliphatic carbocycles. The Bertz CT molecular complexity index is 139. The molecule has 0 saturated heterocycles. The van der Waals surface area contributed by atoms with Gasteiger partial charge in [-0.25, -0.2) is 0 Å². The minimum absolute atomic E-state index is 0.0353. The number of aliphatic hydroxyl groups is 3. The van der Waals surface area contributed by atoms with Gasteiger partial charge in [-0.15, -0.1) is 0 Å². The first-order chi connectivity index (χ1) is 5.61. The lowest BCUT2D eigenvalue weighted by atomic mass is 10.2. The fourth-order valence-electron chi connectivity index (χ4n) is 0.586. The molecule has 72 valence electrons. The first-order valence-electron chi connectivity index (χ1n) is 3.86. The highest BCUT2D eigenvalue weighted by Crippen LogP contribution is 1.89. The summed E-state index contributed by atoms with van der Waals surface area (Å²) in [6.45, 7) is 1.24. The third-order valence-electron chi connectivity index (χ3n) is 1.41. The number of amides is 1. The minimum atomic E-state index is -1.03. The van der Waals surface area contributed by atoms with Crippen LogP contribution in [-0.2, 0) is 4.79 Å². The molecule has 4 N–H and O–H groups in total. The van der Waals surface area contributed by atoms with Crippen molar-refractivity contribution in [2.24, 2.45) is 0 Å². The van der Waals surface area contributed by atoms with E-state index < -0.39 is 24.7 Å². The summed E-state index contributed by atoms with van der Waals surface area (Å²) in [6.07, 6.45) is -1.66. The summed E-state index contributed by atoms with van der Waals surface area (Å²) in [7, 11) is 0. The fraction of sp³-hybridized carbons (Fsp3) is 0.857. The van der Waals surface area contributed by atoms with Crippen molar-refractivity contribution >= 4 is 5.91 Å². The third kappa shape index (κ3) is 4.27.